The van der Waals surface area contributed by atoms with Crippen LogP contribution in [-0.4, -0.2) is 7.11 Å². The van der Waals surface area contributed by atoms with Gasteiger partial charge in [-0.1, -0.05) is 35.6 Å². The van der Waals surface area contributed by atoms with Crippen LogP contribution in [0.1, 0.15) is 18.1 Å². The van der Waals surface area contributed by atoms with Gasteiger partial charge in [0.05, 0.1) is 7.11 Å². The number of ether oxygens (including phenoxy) is 1. The molecule has 0 bridgehead atoms. The van der Waals surface area contributed by atoms with Crippen LogP contribution in [0.15, 0.2) is 18.2 Å². The van der Waals surface area contributed by atoms with Crippen molar-refractivity contribution in [3.8, 4) is 5.75 Å². The fourth-order valence-electron chi connectivity index (χ4n) is 1.13. The van der Waals surface area contributed by atoms with Crippen molar-refractivity contribution < 1.29 is 4.74 Å². The largest absolute Gasteiger partial charge is 0.497 e. The summed E-state index contributed by atoms with van der Waals surface area (Å²) in [5.74, 6) is 0.973. The van der Waals surface area contributed by atoms with Crippen LogP contribution >= 0.6 is 22.6 Å². The zero-order valence-corrected chi connectivity index (χ0v) is 9.59. The van der Waals surface area contributed by atoms with Gasteiger partial charge in [0.2, 0.25) is 0 Å². The number of alkyl halides is 1. The van der Waals surface area contributed by atoms with Gasteiger partial charge >= 0.3 is 0 Å². The number of halogens is 1. The highest BCUT2D eigenvalue weighted by Crippen LogP contribution is 2.19. The standard InChI is InChI=1S/C10H13IO/c1-3-8-4-9(7-11)6-10(5-8)12-2/h4-6H,3,7H2,1-2H3. The Morgan fingerprint density at radius 2 is 1.92 bits per heavy atom. The van der Waals surface area contributed by atoms with E-state index in [-0.39, 0.29) is 0 Å². The molecule has 0 aliphatic rings. The minimum Gasteiger partial charge on any atom is -0.497 e. The van der Waals surface area contributed by atoms with E-state index in [0.29, 0.717) is 0 Å². The molecule has 0 atom stereocenters. The predicted octanol–water partition coefficient (Wildman–Crippen LogP) is 3.19. The molecule has 0 aromatic heterocycles. The summed E-state index contributed by atoms with van der Waals surface area (Å²) in [6.07, 6.45) is 1.07. The van der Waals surface area contributed by atoms with Gasteiger partial charge in [0.15, 0.2) is 0 Å². The van der Waals surface area contributed by atoms with Gasteiger partial charge in [-0.25, -0.2) is 0 Å². The van der Waals surface area contributed by atoms with Crippen LogP contribution in [0, 0.1) is 0 Å². The van der Waals surface area contributed by atoms with E-state index in [1.807, 2.05) is 0 Å². The van der Waals surface area contributed by atoms with Crippen LogP contribution in [0.5, 0.6) is 5.75 Å². The second-order valence-corrected chi connectivity index (χ2v) is 3.44. The zero-order chi connectivity index (χ0) is 8.97. The second-order valence-electron chi connectivity index (χ2n) is 2.68. The first kappa shape index (κ1) is 9.84. The van der Waals surface area contributed by atoms with E-state index >= 15 is 0 Å². The van der Waals surface area contributed by atoms with Crippen molar-refractivity contribution in [2.45, 2.75) is 17.8 Å². The van der Waals surface area contributed by atoms with Crippen LogP contribution in [-0.2, 0) is 10.8 Å². The molecular formula is C10H13IO. The smallest absolute Gasteiger partial charge is 0.119 e. The van der Waals surface area contributed by atoms with E-state index in [9.17, 15) is 0 Å². The molecule has 1 nitrogen and oxygen atoms in total. The molecule has 66 valence electrons. The Labute approximate surface area is 87.3 Å². The highest BCUT2D eigenvalue weighted by molar-refractivity contribution is 14.1. The summed E-state index contributed by atoms with van der Waals surface area (Å²) in [5.41, 5.74) is 2.69. The lowest BCUT2D eigenvalue weighted by atomic mass is 10.1. The van der Waals surface area contributed by atoms with Gasteiger partial charge in [-0.2, -0.15) is 0 Å². The number of hydrogen-bond acceptors (Lipinski definition) is 1. The highest BCUT2D eigenvalue weighted by Gasteiger charge is 1.98. The first-order valence-corrected chi connectivity index (χ1v) is 5.55. The molecular weight excluding hydrogens is 263 g/mol. The number of aryl methyl sites for hydroxylation is 1. The maximum Gasteiger partial charge on any atom is 0.119 e. The molecule has 2 heteroatoms. The predicted molar refractivity (Wildman–Crippen MR) is 60.1 cm³/mol. The van der Waals surface area contributed by atoms with Crippen LogP contribution in [0.2, 0.25) is 0 Å². The molecule has 0 N–H and O–H groups in total. The Morgan fingerprint density at radius 3 is 2.42 bits per heavy atom. The molecule has 1 aromatic carbocycles. The number of methoxy groups -OCH3 is 1. The van der Waals surface area contributed by atoms with Crippen molar-refractivity contribution in [1.82, 2.24) is 0 Å². The third kappa shape index (κ3) is 2.37. The molecule has 0 saturated heterocycles. The van der Waals surface area contributed by atoms with E-state index in [1.165, 1.54) is 11.1 Å². The summed E-state index contributed by atoms with van der Waals surface area (Å²) in [4.78, 5) is 0. The summed E-state index contributed by atoms with van der Waals surface area (Å²) in [5, 5.41) is 0. The lowest BCUT2D eigenvalue weighted by Gasteiger charge is -2.05. The van der Waals surface area contributed by atoms with E-state index in [1.54, 1.807) is 7.11 Å². The Kier molecular flexibility index (Phi) is 3.85. The van der Waals surface area contributed by atoms with E-state index in [2.05, 4.69) is 47.7 Å². The van der Waals surface area contributed by atoms with Gasteiger partial charge < -0.3 is 4.74 Å². The van der Waals surface area contributed by atoms with E-state index in [4.69, 9.17) is 4.74 Å². The zero-order valence-electron chi connectivity index (χ0n) is 7.43. The molecule has 0 radical (unpaired) electrons. The summed E-state index contributed by atoms with van der Waals surface area (Å²) in [7, 11) is 1.71. The van der Waals surface area contributed by atoms with Gasteiger partial charge in [0.25, 0.3) is 0 Å². The minimum absolute atomic E-state index is 0.973. The van der Waals surface area contributed by atoms with Crippen molar-refractivity contribution in [3.05, 3.63) is 29.3 Å². The topological polar surface area (TPSA) is 9.23 Å². The second kappa shape index (κ2) is 4.70. The number of rotatable bonds is 3. The van der Waals surface area contributed by atoms with Gasteiger partial charge in [0, 0.05) is 4.43 Å². The monoisotopic (exact) mass is 276 g/mol. The van der Waals surface area contributed by atoms with Crippen LogP contribution in [0.25, 0.3) is 0 Å². The molecule has 0 amide bonds. The van der Waals surface area contributed by atoms with Crippen molar-refractivity contribution in [3.63, 3.8) is 0 Å². The van der Waals surface area contributed by atoms with E-state index < -0.39 is 0 Å². The fraction of sp³-hybridized carbons (Fsp3) is 0.400. The normalized spacial score (nSPS) is 9.92. The van der Waals surface area contributed by atoms with Crippen LogP contribution < -0.4 is 4.74 Å². The third-order valence-electron chi connectivity index (χ3n) is 1.82. The SMILES string of the molecule is CCc1cc(CI)cc(OC)c1. The Bertz CT molecular complexity index is 203. The lowest BCUT2D eigenvalue weighted by molar-refractivity contribution is 0.414. The summed E-state index contributed by atoms with van der Waals surface area (Å²) in [6, 6.07) is 6.41. The lowest BCUT2D eigenvalue weighted by Crippen LogP contribution is -1.89. The van der Waals surface area contributed by atoms with Gasteiger partial charge in [-0.15, -0.1) is 0 Å². The van der Waals surface area contributed by atoms with Crippen molar-refractivity contribution in [1.29, 1.82) is 0 Å². The quantitative estimate of drug-likeness (QED) is 0.608. The number of hydrogen-bond donors (Lipinski definition) is 0. The molecule has 0 spiro atoms. The first-order chi connectivity index (χ1) is 5.80. The Morgan fingerprint density at radius 1 is 1.25 bits per heavy atom. The maximum atomic E-state index is 5.20. The summed E-state index contributed by atoms with van der Waals surface area (Å²) in [6.45, 7) is 2.16. The first-order valence-electron chi connectivity index (χ1n) is 4.03. The molecule has 0 heterocycles. The van der Waals surface area contributed by atoms with E-state index in [0.717, 1.165) is 16.6 Å². The molecule has 0 fully saturated rings. The fourth-order valence-corrected chi connectivity index (χ4v) is 1.57. The molecule has 1 aromatic rings. The van der Waals surface area contributed by atoms with Crippen molar-refractivity contribution >= 4 is 22.6 Å². The highest BCUT2D eigenvalue weighted by atomic mass is 127. The molecule has 0 saturated carbocycles. The number of benzene rings is 1. The molecule has 0 aliphatic heterocycles. The van der Waals surface area contributed by atoms with Crippen LogP contribution in [0.3, 0.4) is 0 Å². The molecule has 0 unspecified atom stereocenters. The maximum absolute atomic E-state index is 5.20. The summed E-state index contributed by atoms with van der Waals surface area (Å²) >= 11 is 2.36. The minimum atomic E-state index is 0.973. The molecule has 12 heavy (non-hydrogen) atoms. The average molecular weight is 276 g/mol. The Hall–Kier alpha value is -0.250. The average Bonchev–Trinajstić information content (AvgIpc) is 2.16. The van der Waals surface area contributed by atoms with Gasteiger partial charge in [-0.05, 0) is 29.7 Å². The molecule has 1 rings (SSSR count). The van der Waals surface area contributed by atoms with Crippen molar-refractivity contribution in [2.75, 3.05) is 7.11 Å². The van der Waals surface area contributed by atoms with Crippen LogP contribution in [0.4, 0.5) is 0 Å². The summed E-state index contributed by atoms with van der Waals surface area (Å²) < 4.78 is 6.24. The third-order valence-corrected chi connectivity index (χ3v) is 2.71. The van der Waals surface area contributed by atoms with Crippen molar-refractivity contribution in [2.24, 2.45) is 0 Å². The molecule has 0 aliphatic carbocycles. The van der Waals surface area contributed by atoms with Gasteiger partial charge in [0.1, 0.15) is 5.75 Å². The Balaban J connectivity index is 3.01. The van der Waals surface area contributed by atoms with Gasteiger partial charge in [-0.3, -0.25) is 0 Å².